The van der Waals surface area contributed by atoms with E-state index in [2.05, 4.69) is 55.2 Å². The third-order valence-electron chi connectivity index (χ3n) is 3.92. The third kappa shape index (κ3) is 2.78. The maximum Gasteiger partial charge on any atom is 0.0708 e. The van der Waals surface area contributed by atoms with Crippen LogP contribution < -0.4 is 0 Å². The third-order valence-corrected chi connectivity index (χ3v) is 3.92. The zero-order valence-corrected chi connectivity index (χ0v) is 12.9. The second-order valence-corrected chi connectivity index (χ2v) is 5.56. The number of aromatic nitrogens is 1. The van der Waals surface area contributed by atoms with E-state index in [-0.39, 0.29) is 6.61 Å². The number of hydrogen-bond acceptors (Lipinski definition) is 2. The Kier molecular flexibility index (Phi) is 4.03. The monoisotopic (exact) mass is 289 g/mol. The molecule has 0 aliphatic heterocycles. The SMILES string of the molecule is Cc1cc(-c2ccccc2)c(C)c(-c2cc(CO)ccn2)c1. The van der Waals surface area contributed by atoms with E-state index in [1.165, 1.54) is 22.3 Å². The van der Waals surface area contributed by atoms with E-state index in [1.807, 2.05) is 18.2 Å². The molecule has 0 spiro atoms. The lowest BCUT2D eigenvalue weighted by molar-refractivity contribution is 0.282. The second-order valence-electron chi connectivity index (χ2n) is 5.56. The van der Waals surface area contributed by atoms with Gasteiger partial charge in [0, 0.05) is 11.8 Å². The first-order valence-corrected chi connectivity index (χ1v) is 7.42. The number of benzene rings is 2. The highest BCUT2D eigenvalue weighted by atomic mass is 16.3. The molecule has 2 aromatic carbocycles. The molecule has 0 bridgehead atoms. The van der Waals surface area contributed by atoms with Crippen molar-refractivity contribution < 1.29 is 5.11 Å². The predicted octanol–water partition coefficient (Wildman–Crippen LogP) is 4.52. The molecule has 110 valence electrons. The first-order valence-electron chi connectivity index (χ1n) is 7.42. The summed E-state index contributed by atoms with van der Waals surface area (Å²) in [7, 11) is 0. The normalized spacial score (nSPS) is 10.7. The van der Waals surface area contributed by atoms with Crippen LogP contribution in [0, 0.1) is 13.8 Å². The molecule has 0 amide bonds. The first-order chi connectivity index (χ1) is 10.7. The Morgan fingerprint density at radius 1 is 0.909 bits per heavy atom. The average molecular weight is 289 g/mol. The first kappa shape index (κ1) is 14.5. The Labute approximate surface area is 131 Å². The highest BCUT2D eigenvalue weighted by Crippen LogP contribution is 2.32. The minimum Gasteiger partial charge on any atom is -0.392 e. The lowest BCUT2D eigenvalue weighted by Crippen LogP contribution is -1.94. The van der Waals surface area contributed by atoms with Crippen LogP contribution in [0.15, 0.2) is 60.8 Å². The van der Waals surface area contributed by atoms with E-state index in [9.17, 15) is 5.11 Å². The number of aliphatic hydroxyl groups excluding tert-OH is 1. The summed E-state index contributed by atoms with van der Waals surface area (Å²) in [5, 5.41) is 9.34. The molecule has 0 atom stereocenters. The summed E-state index contributed by atoms with van der Waals surface area (Å²) in [4.78, 5) is 4.48. The van der Waals surface area contributed by atoms with Crippen molar-refractivity contribution in [1.29, 1.82) is 0 Å². The number of pyridine rings is 1. The fourth-order valence-corrected chi connectivity index (χ4v) is 2.76. The van der Waals surface area contributed by atoms with E-state index in [1.54, 1.807) is 6.20 Å². The van der Waals surface area contributed by atoms with Crippen molar-refractivity contribution in [2.24, 2.45) is 0 Å². The van der Waals surface area contributed by atoms with Gasteiger partial charge in [0.1, 0.15) is 0 Å². The molecule has 2 nitrogen and oxygen atoms in total. The fourth-order valence-electron chi connectivity index (χ4n) is 2.76. The molecular weight excluding hydrogens is 270 g/mol. The van der Waals surface area contributed by atoms with Crippen molar-refractivity contribution >= 4 is 0 Å². The fraction of sp³-hybridized carbons (Fsp3) is 0.150. The molecule has 0 saturated heterocycles. The van der Waals surface area contributed by atoms with Gasteiger partial charge in [-0.1, -0.05) is 36.4 Å². The Hall–Kier alpha value is -2.45. The van der Waals surface area contributed by atoms with Gasteiger partial charge in [-0.15, -0.1) is 0 Å². The van der Waals surface area contributed by atoms with Gasteiger partial charge in [-0.3, -0.25) is 4.98 Å². The summed E-state index contributed by atoms with van der Waals surface area (Å²) >= 11 is 0. The highest BCUT2D eigenvalue weighted by Gasteiger charge is 2.11. The molecule has 0 radical (unpaired) electrons. The standard InChI is InChI=1S/C20H19NO/c1-14-10-18(17-6-4-3-5-7-17)15(2)19(11-14)20-12-16(13-22)8-9-21-20/h3-12,22H,13H2,1-2H3. The summed E-state index contributed by atoms with van der Waals surface area (Å²) in [6, 6.07) is 18.6. The van der Waals surface area contributed by atoms with E-state index in [0.29, 0.717) is 0 Å². The van der Waals surface area contributed by atoms with Crippen LogP contribution in [0.25, 0.3) is 22.4 Å². The zero-order chi connectivity index (χ0) is 15.5. The van der Waals surface area contributed by atoms with Crippen molar-refractivity contribution in [2.45, 2.75) is 20.5 Å². The molecule has 0 saturated carbocycles. The minimum atomic E-state index is 0.0337. The van der Waals surface area contributed by atoms with E-state index >= 15 is 0 Å². The molecule has 0 aliphatic carbocycles. The van der Waals surface area contributed by atoms with Gasteiger partial charge in [0.15, 0.2) is 0 Å². The summed E-state index contributed by atoms with van der Waals surface area (Å²) in [5.74, 6) is 0. The second kappa shape index (κ2) is 6.12. The minimum absolute atomic E-state index is 0.0337. The molecular formula is C20H19NO. The molecule has 1 N–H and O–H groups in total. The molecule has 0 fully saturated rings. The summed E-state index contributed by atoms with van der Waals surface area (Å²) in [6.07, 6.45) is 1.75. The van der Waals surface area contributed by atoms with Gasteiger partial charge in [-0.25, -0.2) is 0 Å². The predicted molar refractivity (Wildman–Crippen MR) is 90.5 cm³/mol. The molecule has 1 aromatic heterocycles. The van der Waals surface area contributed by atoms with Crippen LogP contribution in [-0.4, -0.2) is 10.1 Å². The largest absolute Gasteiger partial charge is 0.392 e. The molecule has 1 heterocycles. The van der Waals surface area contributed by atoms with Gasteiger partial charge in [-0.2, -0.15) is 0 Å². The molecule has 2 heteroatoms. The Bertz CT molecular complexity index is 794. The highest BCUT2D eigenvalue weighted by molar-refractivity contribution is 5.78. The number of nitrogens with zero attached hydrogens (tertiary/aromatic N) is 1. The van der Waals surface area contributed by atoms with Crippen LogP contribution in [0.2, 0.25) is 0 Å². The van der Waals surface area contributed by atoms with Gasteiger partial charge in [0.25, 0.3) is 0 Å². The van der Waals surface area contributed by atoms with Crippen molar-refractivity contribution in [2.75, 3.05) is 0 Å². The van der Waals surface area contributed by atoms with E-state index < -0.39 is 0 Å². The van der Waals surface area contributed by atoms with Crippen LogP contribution in [0.3, 0.4) is 0 Å². The molecule has 3 aromatic rings. The topological polar surface area (TPSA) is 33.1 Å². The number of aryl methyl sites for hydroxylation is 1. The van der Waals surface area contributed by atoms with Gasteiger partial charge in [-0.05, 0) is 59.9 Å². The lowest BCUT2D eigenvalue weighted by atomic mass is 9.92. The van der Waals surface area contributed by atoms with Crippen LogP contribution >= 0.6 is 0 Å². The maximum atomic E-state index is 9.34. The van der Waals surface area contributed by atoms with Gasteiger partial charge < -0.3 is 5.11 Å². The van der Waals surface area contributed by atoms with Crippen LogP contribution in [0.4, 0.5) is 0 Å². The zero-order valence-electron chi connectivity index (χ0n) is 12.9. The van der Waals surface area contributed by atoms with Gasteiger partial charge in [0.2, 0.25) is 0 Å². The lowest BCUT2D eigenvalue weighted by Gasteiger charge is -2.14. The van der Waals surface area contributed by atoms with Gasteiger partial charge >= 0.3 is 0 Å². The number of hydrogen-bond donors (Lipinski definition) is 1. The average Bonchev–Trinajstić information content (AvgIpc) is 2.57. The maximum absolute atomic E-state index is 9.34. The van der Waals surface area contributed by atoms with Crippen molar-refractivity contribution in [3.8, 4) is 22.4 Å². The van der Waals surface area contributed by atoms with E-state index in [0.717, 1.165) is 16.8 Å². The smallest absolute Gasteiger partial charge is 0.0708 e. The summed E-state index contributed by atoms with van der Waals surface area (Å²) in [6.45, 7) is 4.27. The molecule has 0 aliphatic rings. The molecule has 3 rings (SSSR count). The summed E-state index contributed by atoms with van der Waals surface area (Å²) < 4.78 is 0. The Morgan fingerprint density at radius 3 is 2.36 bits per heavy atom. The molecule has 0 unspecified atom stereocenters. The number of rotatable bonds is 3. The van der Waals surface area contributed by atoms with Crippen molar-refractivity contribution in [3.63, 3.8) is 0 Å². The van der Waals surface area contributed by atoms with Crippen LogP contribution in [-0.2, 0) is 6.61 Å². The van der Waals surface area contributed by atoms with Gasteiger partial charge in [0.05, 0.1) is 12.3 Å². The van der Waals surface area contributed by atoms with Crippen molar-refractivity contribution in [3.05, 3.63) is 77.5 Å². The quantitative estimate of drug-likeness (QED) is 0.768. The van der Waals surface area contributed by atoms with E-state index in [4.69, 9.17) is 0 Å². The molecule has 22 heavy (non-hydrogen) atoms. The Morgan fingerprint density at radius 2 is 1.64 bits per heavy atom. The van der Waals surface area contributed by atoms with Crippen LogP contribution in [0.5, 0.6) is 0 Å². The van der Waals surface area contributed by atoms with Crippen LogP contribution in [0.1, 0.15) is 16.7 Å². The number of aliphatic hydroxyl groups is 1. The Balaban J connectivity index is 2.19. The van der Waals surface area contributed by atoms with Crippen molar-refractivity contribution in [1.82, 2.24) is 4.98 Å². The summed E-state index contributed by atoms with van der Waals surface area (Å²) in [5.41, 5.74) is 7.76.